The van der Waals surface area contributed by atoms with E-state index in [9.17, 15) is 10.2 Å². The molecule has 2 unspecified atom stereocenters. The van der Waals surface area contributed by atoms with Crippen LogP contribution in [0, 0.1) is 0 Å². The normalized spacial score (nSPS) is 14.1. The summed E-state index contributed by atoms with van der Waals surface area (Å²) >= 11 is 4.46. The number of benzene rings is 1. The molecular weight excluding hydrogens is 212 g/mol. The molecule has 4 N–H and O–H groups in total. The van der Waals surface area contributed by atoms with Crippen molar-refractivity contribution >= 4 is 23.1 Å². The summed E-state index contributed by atoms with van der Waals surface area (Å²) in [5.74, 6) is 0. The molecule has 1 aromatic carbocycles. The summed E-state index contributed by atoms with van der Waals surface area (Å²) in [4.78, 5) is 3.77. The van der Waals surface area contributed by atoms with E-state index in [-0.39, 0.29) is 6.54 Å². The summed E-state index contributed by atoms with van der Waals surface area (Å²) in [7, 11) is 0. The number of thiocarbonyl (C=S) groups is 1. The quantitative estimate of drug-likeness (QED) is 0.521. The van der Waals surface area contributed by atoms with Crippen molar-refractivity contribution in [2.45, 2.75) is 12.2 Å². The van der Waals surface area contributed by atoms with E-state index in [4.69, 9.17) is 5.73 Å². The Bertz CT molecular complexity index is 360. The maximum atomic E-state index is 9.61. The fraction of sp³-hybridized carbons (Fsp3) is 0.300. The molecule has 0 aliphatic rings. The molecule has 1 aromatic rings. The zero-order valence-corrected chi connectivity index (χ0v) is 8.81. The van der Waals surface area contributed by atoms with E-state index >= 15 is 0 Å². The molecule has 15 heavy (non-hydrogen) atoms. The average molecular weight is 224 g/mol. The second-order valence-electron chi connectivity index (χ2n) is 3.04. The Morgan fingerprint density at radius 3 is 2.40 bits per heavy atom. The summed E-state index contributed by atoms with van der Waals surface area (Å²) in [6.45, 7) is 0.0149. The van der Waals surface area contributed by atoms with E-state index < -0.39 is 12.2 Å². The summed E-state index contributed by atoms with van der Waals surface area (Å²) in [6, 6.07) is 6.69. The van der Waals surface area contributed by atoms with Gasteiger partial charge in [0.25, 0.3) is 0 Å². The van der Waals surface area contributed by atoms with Gasteiger partial charge < -0.3 is 15.9 Å². The number of aliphatic hydroxyl groups excluding tert-OH is 2. The van der Waals surface area contributed by atoms with Gasteiger partial charge in [0.2, 0.25) is 0 Å². The lowest BCUT2D eigenvalue weighted by molar-refractivity contribution is 0.0243. The van der Waals surface area contributed by atoms with Crippen LogP contribution >= 0.6 is 12.2 Å². The van der Waals surface area contributed by atoms with Gasteiger partial charge >= 0.3 is 0 Å². The van der Waals surface area contributed by atoms with Gasteiger partial charge in [-0.25, -0.2) is 0 Å². The highest BCUT2D eigenvalue weighted by Gasteiger charge is 2.16. The first-order chi connectivity index (χ1) is 7.19. The predicted molar refractivity (Wildman–Crippen MR) is 61.1 cm³/mol. The first-order valence-corrected chi connectivity index (χ1v) is 4.84. The first-order valence-electron chi connectivity index (χ1n) is 4.43. The van der Waals surface area contributed by atoms with E-state index in [0.717, 1.165) is 0 Å². The van der Waals surface area contributed by atoms with Crippen molar-refractivity contribution in [1.82, 2.24) is 0 Å². The van der Waals surface area contributed by atoms with Crippen LogP contribution < -0.4 is 5.73 Å². The van der Waals surface area contributed by atoms with Gasteiger partial charge in [0.1, 0.15) is 6.10 Å². The minimum atomic E-state index is -0.972. The van der Waals surface area contributed by atoms with Crippen LogP contribution in [-0.4, -0.2) is 28.0 Å². The number of hydrogen-bond donors (Lipinski definition) is 3. The monoisotopic (exact) mass is 224 g/mol. The molecule has 80 valence electrons. The molecule has 0 spiro atoms. The predicted octanol–water partition coefficient (Wildman–Crippen LogP) is 0.774. The van der Waals surface area contributed by atoms with Gasteiger partial charge in [0, 0.05) is 6.54 Å². The van der Waals surface area contributed by atoms with Crippen molar-refractivity contribution in [1.29, 1.82) is 0 Å². The lowest BCUT2D eigenvalue weighted by Gasteiger charge is -2.16. The molecule has 1 rings (SSSR count). The third-order valence-corrected chi connectivity index (χ3v) is 2.11. The number of rotatable bonds is 4. The highest BCUT2D eigenvalue weighted by atomic mass is 32.1. The second kappa shape index (κ2) is 5.70. The lowest BCUT2D eigenvalue weighted by atomic mass is 10.0. The number of aliphatic imine (C=N–C) groups is 1. The van der Waals surface area contributed by atoms with Crippen LogP contribution in [0.4, 0.5) is 5.69 Å². The van der Waals surface area contributed by atoms with Gasteiger partial charge in [0.15, 0.2) is 0 Å². The molecule has 5 heteroatoms. The van der Waals surface area contributed by atoms with Crippen molar-refractivity contribution < 1.29 is 10.2 Å². The molecule has 0 amide bonds. The fourth-order valence-electron chi connectivity index (χ4n) is 1.15. The zero-order chi connectivity index (χ0) is 11.3. The number of nitrogens with two attached hydrogens (primary N) is 1. The maximum Gasteiger partial charge on any atom is 0.106 e. The van der Waals surface area contributed by atoms with E-state index in [1.165, 1.54) is 0 Å². The van der Waals surface area contributed by atoms with E-state index in [2.05, 4.69) is 22.4 Å². The highest BCUT2D eigenvalue weighted by Crippen LogP contribution is 2.19. The molecule has 0 fully saturated rings. The molecule has 0 aromatic heterocycles. The molecular formula is C10H12N2O2S. The molecule has 0 saturated heterocycles. The lowest BCUT2D eigenvalue weighted by Crippen LogP contribution is -2.27. The van der Waals surface area contributed by atoms with E-state index in [1.54, 1.807) is 24.3 Å². The van der Waals surface area contributed by atoms with Crippen molar-refractivity contribution in [2.75, 3.05) is 6.54 Å². The molecule has 0 radical (unpaired) electrons. The summed E-state index contributed by atoms with van der Waals surface area (Å²) in [6.07, 6.45) is -1.93. The number of nitrogens with zero attached hydrogens (tertiary/aromatic N) is 1. The van der Waals surface area contributed by atoms with Gasteiger partial charge in [-0.2, -0.15) is 4.99 Å². The Morgan fingerprint density at radius 1 is 1.33 bits per heavy atom. The highest BCUT2D eigenvalue weighted by molar-refractivity contribution is 7.78. The number of isothiocyanates is 1. The van der Waals surface area contributed by atoms with Crippen LogP contribution in [0.25, 0.3) is 0 Å². The van der Waals surface area contributed by atoms with Gasteiger partial charge in [0.05, 0.1) is 17.0 Å². The number of aliphatic hydroxyl groups is 2. The Balaban J connectivity index is 2.83. The second-order valence-corrected chi connectivity index (χ2v) is 3.23. The molecule has 0 heterocycles. The summed E-state index contributed by atoms with van der Waals surface area (Å²) in [5.41, 5.74) is 6.49. The van der Waals surface area contributed by atoms with Crippen LogP contribution in [0.1, 0.15) is 11.7 Å². The maximum absolute atomic E-state index is 9.61. The molecule has 0 bridgehead atoms. The molecule has 0 aliphatic carbocycles. The van der Waals surface area contributed by atoms with Gasteiger partial charge in [-0.15, -0.1) is 0 Å². The molecule has 0 saturated carbocycles. The van der Waals surface area contributed by atoms with Crippen molar-refractivity contribution in [3.05, 3.63) is 29.8 Å². The van der Waals surface area contributed by atoms with Gasteiger partial charge in [-0.1, -0.05) is 12.1 Å². The topological polar surface area (TPSA) is 78.8 Å². The van der Waals surface area contributed by atoms with Crippen molar-refractivity contribution in [2.24, 2.45) is 10.7 Å². The van der Waals surface area contributed by atoms with E-state index in [0.29, 0.717) is 11.3 Å². The molecule has 0 aliphatic heterocycles. The smallest absolute Gasteiger partial charge is 0.106 e. The Hall–Kier alpha value is -1.10. The fourth-order valence-corrected chi connectivity index (χ4v) is 1.26. The van der Waals surface area contributed by atoms with Gasteiger partial charge in [-0.3, -0.25) is 0 Å². The van der Waals surface area contributed by atoms with Crippen molar-refractivity contribution in [3.8, 4) is 0 Å². The van der Waals surface area contributed by atoms with Crippen LogP contribution in [0.3, 0.4) is 0 Å². The molecule has 2 atom stereocenters. The zero-order valence-electron chi connectivity index (χ0n) is 8.00. The average Bonchev–Trinajstić information content (AvgIpc) is 2.28. The standard InChI is InChI=1S/C10H12N2O2S/c11-5-9(13)10(14)7-1-3-8(4-2-7)12-6-15/h1-4,9-10,13-14H,5,11H2. The Labute approximate surface area is 93.1 Å². The number of hydrogen-bond acceptors (Lipinski definition) is 5. The van der Waals surface area contributed by atoms with Crippen LogP contribution in [0.2, 0.25) is 0 Å². The minimum absolute atomic E-state index is 0.0149. The third-order valence-electron chi connectivity index (χ3n) is 2.02. The SMILES string of the molecule is NCC(O)C(O)c1ccc(N=C=S)cc1. The van der Waals surface area contributed by atoms with Gasteiger partial charge in [-0.05, 0) is 29.9 Å². The Morgan fingerprint density at radius 2 is 1.93 bits per heavy atom. The summed E-state index contributed by atoms with van der Waals surface area (Å²) < 4.78 is 0. The largest absolute Gasteiger partial charge is 0.389 e. The summed E-state index contributed by atoms with van der Waals surface area (Å²) in [5, 5.41) is 21.2. The third kappa shape index (κ3) is 3.20. The van der Waals surface area contributed by atoms with E-state index in [1.807, 2.05) is 0 Å². The van der Waals surface area contributed by atoms with Crippen LogP contribution in [0.15, 0.2) is 29.3 Å². The molecule has 4 nitrogen and oxygen atoms in total. The Kier molecular flexibility index (Phi) is 4.55. The first kappa shape index (κ1) is 12.0. The minimum Gasteiger partial charge on any atom is -0.389 e. The van der Waals surface area contributed by atoms with Crippen LogP contribution in [-0.2, 0) is 0 Å². The van der Waals surface area contributed by atoms with Crippen molar-refractivity contribution in [3.63, 3.8) is 0 Å². The van der Waals surface area contributed by atoms with Crippen LogP contribution in [0.5, 0.6) is 0 Å².